The van der Waals surface area contributed by atoms with Crippen molar-refractivity contribution in [3.63, 3.8) is 0 Å². The van der Waals surface area contributed by atoms with Crippen molar-refractivity contribution in [2.45, 2.75) is 19.9 Å². The van der Waals surface area contributed by atoms with E-state index in [1.165, 1.54) is 0 Å². The first-order valence-electron chi connectivity index (χ1n) is 5.92. The van der Waals surface area contributed by atoms with Gasteiger partial charge in [-0.3, -0.25) is 4.68 Å². The highest BCUT2D eigenvalue weighted by atomic mass is 79.9. The maximum absolute atomic E-state index is 5.99. The summed E-state index contributed by atoms with van der Waals surface area (Å²) < 4.78 is 2.94. The Morgan fingerprint density at radius 3 is 2.63 bits per heavy atom. The number of benzene rings is 1. The second kappa shape index (κ2) is 6.16. The number of halogens is 3. The van der Waals surface area contributed by atoms with E-state index in [2.05, 4.69) is 33.3 Å². The van der Waals surface area contributed by atoms with Gasteiger partial charge in [-0.2, -0.15) is 5.10 Å². The van der Waals surface area contributed by atoms with Crippen LogP contribution in [0.25, 0.3) is 0 Å². The van der Waals surface area contributed by atoms with Gasteiger partial charge < -0.3 is 5.32 Å². The van der Waals surface area contributed by atoms with Crippen LogP contribution in [0.1, 0.15) is 18.3 Å². The van der Waals surface area contributed by atoms with Crippen molar-refractivity contribution < 1.29 is 0 Å². The summed E-state index contributed by atoms with van der Waals surface area (Å²) >= 11 is 15.5. The van der Waals surface area contributed by atoms with E-state index in [0.29, 0.717) is 16.6 Å². The van der Waals surface area contributed by atoms with Crippen LogP contribution in [0.2, 0.25) is 10.0 Å². The molecule has 0 aliphatic rings. The zero-order valence-corrected chi connectivity index (χ0v) is 13.8. The largest absolute Gasteiger partial charge is 0.379 e. The van der Waals surface area contributed by atoms with Gasteiger partial charge in [-0.25, -0.2) is 0 Å². The topological polar surface area (TPSA) is 29.9 Å². The van der Waals surface area contributed by atoms with Crippen molar-refractivity contribution >= 4 is 44.8 Å². The Hall–Kier alpha value is -0.710. The fourth-order valence-electron chi connectivity index (χ4n) is 1.80. The fraction of sp³-hybridized carbons (Fsp3) is 0.308. The second-order valence-electron chi connectivity index (χ2n) is 4.17. The molecule has 0 amide bonds. The Morgan fingerprint density at radius 1 is 1.32 bits per heavy atom. The lowest BCUT2D eigenvalue weighted by molar-refractivity contribution is 0.706. The van der Waals surface area contributed by atoms with Crippen molar-refractivity contribution in [2.24, 2.45) is 7.05 Å². The van der Waals surface area contributed by atoms with Gasteiger partial charge in [0, 0.05) is 12.7 Å². The molecule has 0 fully saturated rings. The van der Waals surface area contributed by atoms with Crippen molar-refractivity contribution in [1.82, 2.24) is 9.78 Å². The smallest absolute Gasteiger partial charge is 0.0767 e. The predicted octanol–water partition coefficient (Wildman–Crippen LogP) is 4.66. The molecule has 2 rings (SSSR count). The second-order valence-corrected chi connectivity index (χ2v) is 5.77. The maximum atomic E-state index is 5.99. The van der Waals surface area contributed by atoms with Crippen LogP contribution >= 0.6 is 39.1 Å². The average molecular weight is 363 g/mol. The van der Waals surface area contributed by atoms with Crippen LogP contribution < -0.4 is 5.32 Å². The van der Waals surface area contributed by atoms with E-state index in [0.717, 1.165) is 28.0 Å². The summed E-state index contributed by atoms with van der Waals surface area (Å²) in [4.78, 5) is 0. The number of rotatable bonds is 4. The fourth-order valence-corrected chi connectivity index (χ4v) is 2.86. The number of nitrogens with zero attached hydrogens (tertiary/aromatic N) is 2. The first-order chi connectivity index (χ1) is 9.02. The lowest BCUT2D eigenvalue weighted by atomic mass is 10.3. The van der Waals surface area contributed by atoms with Crippen LogP contribution in [0.4, 0.5) is 5.69 Å². The van der Waals surface area contributed by atoms with Crippen molar-refractivity contribution in [1.29, 1.82) is 0 Å². The summed E-state index contributed by atoms with van der Waals surface area (Å²) in [7, 11) is 1.94. The van der Waals surface area contributed by atoms with E-state index < -0.39 is 0 Å². The van der Waals surface area contributed by atoms with Crippen LogP contribution in [0.15, 0.2) is 22.7 Å². The third-order valence-corrected chi connectivity index (χ3v) is 4.54. The number of anilines is 1. The normalized spacial score (nSPS) is 10.8. The summed E-state index contributed by atoms with van der Waals surface area (Å²) in [5.41, 5.74) is 3.09. The quantitative estimate of drug-likeness (QED) is 0.856. The summed E-state index contributed by atoms with van der Waals surface area (Å²) in [5.74, 6) is 0. The lowest BCUT2D eigenvalue weighted by Gasteiger charge is -2.08. The number of hydrogen-bond donors (Lipinski definition) is 1. The third kappa shape index (κ3) is 3.25. The Balaban J connectivity index is 2.14. The molecule has 1 aromatic carbocycles. The predicted molar refractivity (Wildman–Crippen MR) is 84.1 cm³/mol. The van der Waals surface area contributed by atoms with Crippen LogP contribution in [0.3, 0.4) is 0 Å². The molecule has 0 saturated heterocycles. The highest BCUT2D eigenvalue weighted by molar-refractivity contribution is 9.10. The van der Waals surface area contributed by atoms with Gasteiger partial charge in [0.1, 0.15) is 0 Å². The van der Waals surface area contributed by atoms with E-state index in [-0.39, 0.29) is 0 Å². The highest BCUT2D eigenvalue weighted by Crippen LogP contribution is 2.26. The average Bonchev–Trinajstić information content (AvgIpc) is 2.66. The van der Waals surface area contributed by atoms with E-state index in [4.69, 9.17) is 23.2 Å². The molecular weight excluding hydrogens is 349 g/mol. The number of hydrogen-bond acceptors (Lipinski definition) is 2. The molecule has 0 bridgehead atoms. The van der Waals surface area contributed by atoms with Crippen LogP contribution in [-0.4, -0.2) is 9.78 Å². The molecular formula is C13H14BrCl2N3. The molecule has 0 aliphatic carbocycles. The van der Waals surface area contributed by atoms with Gasteiger partial charge in [-0.1, -0.05) is 30.1 Å². The van der Waals surface area contributed by atoms with Crippen molar-refractivity contribution in [3.05, 3.63) is 44.1 Å². The van der Waals surface area contributed by atoms with Gasteiger partial charge in [0.2, 0.25) is 0 Å². The Labute approximate surface area is 131 Å². The van der Waals surface area contributed by atoms with Gasteiger partial charge in [-0.15, -0.1) is 0 Å². The standard InChI is InChI=1S/C13H14BrCl2N3/c1-3-11-13(14)12(19(2)18-11)7-17-8-4-5-9(15)10(16)6-8/h4-6,17H,3,7H2,1-2H3. The summed E-state index contributed by atoms with van der Waals surface area (Å²) in [6.45, 7) is 2.76. The molecule has 19 heavy (non-hydrogen) atoms. The number of nitrogens with one attached hydrogen (secondary N) is 1. The zero-order chi connectivity index (χ0) is 14.0. The summed E-state index contributed by atoms with van der Waals surface area (Å²) in [5, 5.41) is 8.87. The monoisotopic (exact) mass is 361 g/mol. The minimum atomic E-state index is 0.546. The molecule has 102 valence electrons. The Morgan fingerprint density at radius 2 is 2.05 bits per heavy atom. The third-order valence-electron chi connectivity index (χ3n) is 2.88. The van der Waals surface area contributed by atoms with Gasteiger partial charge >= 0.3 is 0 Å². The van der Waals surface area contributed by atoms with Gasteiger partial charge in [0.15, 0.2) is 0 Å². The maximum Gasteiger partial charge on any atom is 0.0767 e. The molecule has 0 saturated carbocycles. The van der Waals surface area contributed by atoms with Crippen molar-refractivity contribution in [2.75, 3.05) is 5.32 Å². The lowest BCUT2D eigenvalue weighted by Crippen LogP contribution is -2.06. The first-order valence-corrected chi connectivity index (χ1v) is 7.47. The summed E-state index contributed by atoms with van der Waals surface area (Å²) in [6.07, 6.45) is 0.904. The molecule has 0 radical (unpaired) electrons. The molecule has 1 heterocycles. The van der Waals surface area contributed by atoms with E-state index >= 15 is 0 Å². The SMILES string of the molecule is CCc1nn(C)c(CNc2ccc(Cl)c(Cl)c2)c1Br. The Kier molecular flexibility index (Phi) is 4.76. The molecule has 0 unspecified atom stereocenters. The molecule has 1 N–H and O–H groups in total. The minimum Gasteiger partial charge on any atom is -0.379 e. The van der Waals surface area contributed by atoms with Gasteiger partial charge in [0.05, 0.1) is 32.5 Å². The molecule has 2 aromatic rings. The van der Waals surface area contributed by atoms with Gasteiger partial charge in [0.25, 0.3) is 0 Å². The molecule has 6 heteroatoms. The molecule has 0 spiro atoms. The molecule has 0 aliphatic heterocycles. The number of aryl methyl sites for hydroxylation is 2. The zero-order valence-electron chi connectivity index (χ0n) is 10.7. The first kappa shape index (κ1) is 14.7. The molecule has 3 nitrogen and oxygen atoms in total. The van der Waals surface area contributed by atoms with E-state index in [1.54, 1.807) is 6.07 Å². The molecule has 1 aromatic heterocycles. The Bertz CT molecular complexity index is 596. The van der Waals surface area contributed by atoms with Gasteiger partial charge in [-0.05, 0) is 40.5 Å². The van der Waals surface area contributed by atoms with Crippen LogP contribution in [0, 0.1) is 0 Å². The highest BCUT2D eigenvalue weighted by Gasteiger charge is 2.12. The molecule has 0 atom stereocenters. The summed E-state index contributed by atoms with van der Waals surface area (Å²) in [6, 6.07) is 5.50. The van der Waals surface area contributed by atoms with Crippen LogP contribution in [-0.2, 0) is 20.0 Å². The van der Waals surface area contributed by atoms with E-state index in [1.807, 2.05) is 23.9 Å². The number of aromatic nitrogens is 2. The van der Waals surface area contributed by atoms with Crippen LogP contribution in [0.5, 0.6) is 0 Å². The van der Waals surface area contributed by atoms with E-state index in [9.17, 15) is 0 Å². The minimum absolute atomic E-state index is 0.546. The van der Waals surface area contributed by atoms with Crippen molar-refractivity contribution in [3.8, 4) is 0 Å².